The lowest BCUT2D eigenvalue weighted by molar-refractivity contribution is -0.0167. The highest BCUT2D eigenvalue weighted by Gasteiger charge is 2.24. The molecule has 0 aliphatic carbocycles. The Morgan fingerprint density at radius 2 is 1.96 bits per heavy atom. The number of benzene rings is 2. The quantitative estimate of drug-likeness (QED) is 0.930. The summed E-state index contributed by atoms with van der Waals surface area (Å²) in [5, 5.41) is 0.757. The summed E-state index contributed by atoms with van der Waals surface area (Å²) in [6.07, 6.45) is -0.0704. The van der Waals surface area contributed by atoms with E-state index in [9.17, 15) is 4.79 Å². The van der Waals surface area contributed by atoms with Crippen LogP contribution in [0.1, 0.15) is 15.9 Å². The number of carbonyl (C=O) groups excluding carboxylic acids is 1. The van der Waals surface area contributed by atoms with E-state index >= 15 is 0 Å². The zero-order valence-corrected chi connectivity index (χ0v) is 14.4. The van der Waals surface area contributed by atoms with Gasteiger partial charge in [0.1, 0.15) is 0 Å². The first-order chi connectivity index (χ1) is 11.6. The number of ether oxygens (including phenoxy) is 1. The number of rotatable bonds is 3. The van der Waals surface area contributed by atoms with Crippen LogP contribution in [0.15, 0.2) is 42.5 Å². The largest absolute Gasteiger partial charge is 0.373 e. The highest BCUT2D eigenvalue weighted by Crippen LogP contribution is 2.25. The predicted molar refractivity (Wildman–Crippen MR) is 96.3 cm³/mol. The fourth-order valence-electron chi connectivity index (χ4n) is 2.86. The lowest BCUT2D eigenvalue weighted by Crippen LogP contribution is -2.48. The third-order valence-electron chi connectivity index (χ3n) is 4.31. The summed E-state index contributed by atoms with van der Waals surface area (Å²) in [5.74, 6) is 0.0237. The predicted octanol–water partition coefficient (Wildman–Crippen LogP) is 3.12. The average Bonchev–Trinajstić information content (AvgIpc) is 2.63. The molecule has 0 aromatic heterocycles. The second-order valence-corrected chi connectivity index (χ2v) is 6.43. The van der Waals surface area contributed by atoms with Crippen molar-refractivity contribution in [1.29, 1.82) is 0 Å². The Morgan fingerprint density at radius 3 is 2.62 bits per heavy atom. The van der Waals surface area contributed by atoms with Crippen molar-refractivity contribution in [1.82, 2.24) is 4.90 Å². The maximum absolute atomic E-state index is 12.6. The summed E-state index contributed by atoms with van der Waals surface area (Å²) < 4.78 is 5.51. The van der Waals surface area contributed by atoms with E-state index < -0.39 is 0 Å². The standard InChI is InChI=1S/C19H21ClN2O2/c1-13-10-16(6-7-18(13)20)14-2-4-15(5-3-14)19(23)22-8-9-24-17(11-21)12-22/h2-7,10,17H,8-9,11-12,21H2,1H3/t17-/m1/s1. The van der Waals surface area contributed by atoms with E-state index in [1.807, 2.05) is 54.3 Å². The molecule has 0 bridgehead atoms. The van der Waals surface area contributed by atoms with Gasteiger partial charge in [-0.2, -0.15) is 0 Å². The molecule has 1 aliphatic heterocycles. The monoisotopic (exact) mass is 344 g/mol. The molecule has 1 saturated heterocycles. The van der Waals surface area contributed by atoms with Gasteiger partial charge in [0.25, 0.3) is 5.91 Å². The van der Waals surface area contributed by atoms with Crippen LogP contribution in [-0.4, -0.2) is 43.2 Å². The van der Waals surface area contributed by atoms with Gasteiger partial charge < -0.3 is 15.4 Å². The van der Waals surface area contributed by atoms with E-state index in [0.29, 0.717) is 31.8 Å². The van der Waals surface area contributed by atoms with Gasteiger partial charge in [-0.05, 0) is 47.9 Å². The van der Waals surface area contributed by atoms with Crippen molar-refractivity contribution >= 4 is 17.5 Å². The highest BCUT2D eigenvalue weighted by molar-refractivity contribution is 6.31. The molecule has 126 valence electrons. The summed E-state index contributed by atoms with van der Waals surface area (Å²) in [6.45, 7) is 4.10. The van der Waals surface area contributed by atoms with E-state index in [0.717, 1.165) is 21.7 Å². The van der Waals surface area contributed by atoms with Gasteiger partial charge in [0.2, 0.25) is 0 Å². The van der Waals surface area contributed by atoms with Crippen LogP contribution < -0.4 is 5.73 Å². The van der Waals surface area contributed by atoms with Gasteiger partial charge in [-0.25, -0.2) is 0 Å². The normalized spacial score (nSPS) is 17.8. The molecule has 0 unspecified atom stereocenters. The molecule has 1 amide bonds. The van der Waals surface area contributed by atoms with Gasteiger partial charge in [0.15, 0.2) is 0 Å². The molecule has 0 saturated carbocycles. The molecule has 1 fully saturated rings. The van der Waals surface area contributed by atoms with Crippen molar-refractivity contribution in [3.8, 4) is 11.1 Å². The third-order valence-corrected chi connectivity index (χ3v) is 4.74. The number of nitrogens with two attached hydrogens (primary N) is 1. The maximum atomic E-state index is 12.6. The molecule has 4 nitrogen and oxygen atoms in total. The molecule has 2 aromatic carbocycles. The van der Waals surface area contributed by atoms with Gasteiger partial charge in [-0.3, -0.25) is 4.79 Å². The number of carbonyl (C=O) groups is 1. The van der Waals surface area contributed by atoms with Gasteiger partial charge in [0.05, 0.1) is 12.7 Å². The summed E-state index contributed by atoms with van der Waals surface area (Å²) >= 11 is 6.08. The Labute approximate surface area is 147 Å². The van der Waals surface area contributed by atoms with E-state index in [2.05, 4.69) is 0 Å². The van der Waals surface area contributed by atoms with Crippen LogP contribution in [0.25, 0.3) is 11.1 Å². The number of hydrogen-bond acceptors (Lipinski definition) is 3. The SMILES string of the molecule is Cc1cc(-c2ccc(C(=O)N3CCO[C@H](CN)C3)cc2)ccc1Cl. The molecule has 3 rings (SSSR count). The third kappa shape index (κ3) is 3.61. The average molecular weight is 345 g/mol. The molecule has 1 heterocycles. The van der Waals surface area contributed by atoms with E-state index in [-0.39, 0.29) is 12.0 Å². The Morgan fingerprint density at radius 1 is 1.25 bits per heavy atom. The van der Waals surface area contributed by atoms with Crippen molar-refractivity contribution in [2.45, 2.75) is 13.0 Å². The molecular weight excluding hydrogens is 324 g/mol. The first kappa shape index (κ1) is 17.0. The number of hydrogen-bond donors (Lipinski definition) is 1. The Bertz CT molecular complexity index is 731. The minimum atomic E-state index is -0.0704. The minimum absolute atomic E-state index is 0.0237. The number of morpholine rings is 1. The fourth-order valence-corrected chi connectivity index (χ4v) is 2.98. The van der Waals surface area contributed by atoms with Crippen LogP contribution in [0.5, 0.6) is 0 Å². The summed E-state index contributed by atoms with van der Waals surface area (Å²) in [5.41, 5.74) is 9.51. The Balaban J connectivity index is 1.76. The lowest BCUT2D eigenvalue weighted by atomic mass is 10.0. The molecule has 1 atom stereocenters. The second kappa shape index (κ2) is 7.34. The number of aryl methyl sites for hydroxylation is 1. The second-order valence-electron chi connectivity index (χ2n) is 6.02. The lowest BCUT2D eigenvalue weighted by Gasteiger charge is -2.32. The van der Waals surface area contributed by atoms with E-state index in [1.165, 1.54) is 0 Å². The number of halogens is 1. The zero-order chi connectivity index (χ0) is 17.1. The molecule has 0 radical (unpaired) electrons. The van der Waals surface area contributed by atoms with Crippen molar-refractivity contribution < 1.29 is 9.53 Å². The van der Waals surface area contributed by atoms with Crippen LogP contribution in [0.4, 0.5) is 0 Å². The van der Waals surface area contributed by atoms with Crippen LogP contribution in [0.2, 0.25) is 5.02 Å². The van der Waals surface area contributed by atoms with E-state index in [4.69, 9.17) is 22.1 Å². The first-order valence-electron chi connectivity index (χ1n) is 8.06. The van der Waals surface area contributed by atoms with Crippen molar-refractivity contribution in [3.63, 3.8) is 0 Å². The zero-order valence-electron chi connectivity index (χ0n) is 13.7. The van der Waals surface area contributed by atoms with Crippen LogP contribution in [-0.2, 0) is 4.74 Å². The minimum Gasteiger partial charge on any atom is -0.373 e. The highest BCUT2D eigenvalue weighted by atomic mass is 35.5. The van der Waals surface area contributed by atoms with Crippen molar-refractivity contribution in [3.05, 3.63) is 58.6 Å². The van der Waals surface area contributed by atoms with Crippen molar-refractivity contribution in [2.75, 3.05) is 26.2 Å². The van der Waals surface area contributed by atoms with E-state index in [1.54, 1.807) is 0 Å². The molecule has 0 spiro atoms. The molecule has 24 heavy (non-hydrogen) atoms. The van der Waals surface area contributed by atoms with Crippen molar-refractivity contribution in [2.24, 2.45) is 5.73 Å². The molecule has 2 aromatic rings. The molecular formula is C19H21ClN2O2. The Hall–Kier alpha value is -1.88. The van der Waals surface area contributed by atoms with Gasteiger partial charge in [-0.1, -0.05) is 29.8 Å². The number of nitrogens with zero attached hydrogens (tertiary/aromatic N) is 1. The maximum Gasteiger partial charge on any atom is 0.254 e. The van der Waals surface area contributed by atoms with Gasteiger partial charge >= 0.3 is 0 Å². The summed E-state index contributed by atoms with van der Waals surface area (Å²) in [6, 6.07) is 13.6. The van der Waals surface area contributed by atoms with Gasteiger partial charge in [0, 0.05) is 30.2 Å². The van der Waals surface area contributed by atoms with Crippen LogP contribution in [0, 0.1) is 6.92 Å². The summed E-state index contributed by atoms with van der Waals surface area (Å²) in [7, 11) is 0. The van der Waals surface area contributed by atoms with Crippen LogP contribution >= 0.6 is 11.6 Å². The van der Waals surface area contributed by atoms with Gasteiger partial charge in [-0.15, -0.1) is 0 Å². The molecule has 2 N–H and O–H groups in total. The Kier molecular flexibility index (Phi) is 5.19. The topological polar surface area (TPSA) is 55.6 Å². The number of amides is 1. The smallest absolute Gasteiger partial charge is 0.254 e. The van der Waals surface area contributed by atoms with Crippen LogP contribution in [0.3, 0.4) is 0 Å². The molecule has 5 heteroatoms. The molecule has 1 aliphatic rings. The fraction of sp³-hybridized carbons (Fsp3) is 0.316. The summed E-state index contributed by atoms with van der Waals surface area (Å²) in [4.78, 5) is 14.4. The first-order valence-corrected chi connectivity index (χ1v) is 8.44.